The highest BCUT2D eigenvalue weighted by molar-refractivity contribution is 8.00. The molecule has 0 atom stereocenters. The molecule has 1 heterocycles. The summed E-state index contributed by atoms with van der Waals surface area (Å²) in [5, 5.41) is 0.660. The quantitative estimate of drug-likeness (QED) is 0.853. The summed E-state index contributed by atoms with van der Waals surface area (Å²) < 4.78 is 1.23. The first-order valence-corrected chi connectivity index (χ1v) is 7.70. The van der Waals surface area contributed by atoms with Gasteiger partial charge in [0.25, 0.3) is 0 Å². The Hall–Kier alpha value is -1.00. The fourth-order valence-electron chi connectivity index (χ4n) is 2.11. The van der Waals surface area contributed by atoms with Crippen molar-refractivity contribution in [3.05, 3.63) is 40.1 Å². The first-order chi connectivity index (χ1) is 8.47. The summed E-state index contributed by atoms with van der Waals surface area (Å²) in [6.07, 6.45) is 0. The zero-order chi connectivity index (χ0) is 13.3. The molecular formula is C14H18N2S2. The Morgan fingerprint density at radius 3 is 2.28 bits per heavy atom. The molecule has 2 aromatic rings. The third kappa shape index (κ3) is 2.87. The van der Waals surface area contributed by atoms with Crippen LogP contribution in [0.15, 0.2) is 16.3 Å². The van der Waals surface area contributed by atoms with E-state index in [1.807, 2.05) is 18.7 Å². The predicted octanol–water partition coefficient (Wildman–Crippen LogP) is 4.25. The number of hydrogen-bond donors (Lipinski definition) is 1. The van der Waals surface area contributed by atoms with E-state index >= 15 is 0 Å². The summed E-state index contributed by atoms with van der Waals surface area (Å²) in [4.78, 5) is 4.26. The Morgan fingerprint density at radius 1 is 1.17 bits per heavy atom. The van der Waals surface area contributed by atoms with Crippen LogP contribution < -0.4 is 5.73 Å². The summed E-state index contributed by atoms with van der Waals surface area (Å²) in [5.74, 6) is 0.987. The highest BCUT2D eigenvalue weighted by atomic mass is 32.2. The molecule has 0 bridgehead atoms. The predicted molar refractivity (Wildman–Crippen MR) is 81.5 cm³/mol. The van der Waals surface area contributed by atoms with E-state index < -0.39 is 0 Å². The van der Waals surface area contributed by atoms with Gasteiger partial charge in [-0.2, -0.15) is 0 Å². The highest BCUT2D eigenvalue weighted by Crippen LogP contribution is 2.34. The Labute approximate surface area is 117 Å². The van der Waals surface area contributed by atoms with Crippen molar-refractivity contribution >= 4 is 28.2 Å². The average molecular weight is 278 g/mol. The molecule has 0 spiro atoms. The summed E-state index contributed by atoms with van der Waals surface area (Å²) >= 11 is 3.41. The van der Waals surface area contributed by atoms with Gasteiger partial charge in [0.15, 0.2) is 5.13 Å². The van der Waals surface area contributed by atoms with Crippen LogP contribution in [0.3, 0.4) is 0 Å². The van der Waals surface area contributed by atoms with Crippen molar-refractivity contribution in [2.45, 2.75) is 37.7 Å². The topological polar surface area (TPSA) is 38.9 Å². The maximum Gasteiger partial charge on any atom is 0.181 e. The zero-order valence-corrected chi connectivity index (χ0v) is 12.8. The van der Waals surface area contributed by atoms with Gasteiger partial charge in [-0.3, -0.25) is 0 Å². The lowest BCUT2D eigenvalue weighted by Crippen LogP contribution is -1.92. The van der Waals surface area contributed by atoms with Gasteiger partial charge in [0, 0.05) is 5.75 Å². The van der Waals surface area contributed by atoms with Crippen molar-refractivity contribution < 1.29 is 0 Å². The van der Waals surface area contributed by atoms with Crippen LogP contribution in [0, 0.1) is 27.7 Å². The fourth-order valence-corrected chi connectivity index (χ4v) is 4.33. The van der Waals surface area contributed by atoms with E-state index in [-0.39, 0.29) is 0 Å². The van der Waals surface area contributed by atoms with Crippen molar-refractivity contribution in [3.8, 4) is 0 Å². The minimum atomic E-state index is 0.660. The summed E-state index contributed by atoms with van der Waals surface area (Å²) in [6, 6.07) is 4.49. The minimum absolute atomic E-state index is 0.660. The first kappa shape index (κ1) is 13.4. The molecule has 1 aromatic carbocycles. The van der Waals surface area contributed by atoms with Crippen molar-refractivity contribution in [1.29, 1.82) is 0 Å². The molecule has 2 rings (SSSR count). The van der Waals surface area contributed by atoms with Crippen molar-refractivity contribution in [1.82, 2.24) is 4.98 Å². The number of benzene rings is 1. The van der Waals surface area contributed by atoms with Crippen LogP contribution in [0.1, 0.15) is 27.9 Å². The lowest BCUT2D eigenvalue weighted by molar-refractivity contribution is 1.19. The number of nitrogens with zero attached hydrogens (tertiary/aromatic N) is 1. The zero-order valence-electron chi connectivity index (χ0n) is 11.2. The van der Waals surface area contributed by atoms with Gasteiger partial charge in [-0.15, -0.1) is 11.8 Å². The molecule has 2 nitrogen and oxygen atoms in total. The van der Waals surface area contributed by atoms with Crippen LogP contribution in [0.4, 0.5) is 5.13 Å². The molecule has 18 heavy (non-hydrogen) atoms. The number of hydrogen-bond acceptors (Lipinski definition) is 4. The van der Waals surface area contributed by atoms with Crippen LogP contribution >= 0.6 is 23.1 Å². The third-order valence-electron chi connectivity index (χ3n) is 2.96. The van der Waals surface area contributed by atoms with E-state index in [0.29, 0.717) is 5.13 Å². The maximum absolute atomic E-state index is 5.72. The Kier molecular flexibility index (Phi) is 3.97. The number of thioether (sulfide) groups is 1. The smallest absolute Gasteiger partial charge is 0.181 e. The van der Waals surface area contributed by atoms with Gasteiger partial charge in [0.1, 0.15) is 0 Å². The Morgan fingerprint density at radius 2 is 1.78 bits per heavy atom. The highest BCUT2D eigenvalue weighted by Gasteiger charge is 2.09. The molecule has 0 aliphatic heterocycles. The van der Waals surface area contributed by atoms with Crippen LogP contribution in [0.5, 0.6) is 0 Å². The number of aromatic nitrogens is 1. The molecule has 2 N–H and O–H groups in total. The monoisotopic (exact) mass is 278 g/mol. The largest absolute Gasteiger partial charge is 0.375 e. The molecule has 1 aromatic heterocycles. The number of rotatable bonds is 3. The number of thiazole rings is 1. The second-order valence-corrected chi connectivity index (χ2v) is 6.87. The maximum atomic E-state index is 5.72. The van der Waals surface area contributed by atoms with Gasteiger partial charge in [-0.1, -0.05) is 29.0 Å². The molecule has 0 saturated carbocycles. The molecule has 0 saturated heterocycles. The third-order valence-corrected chi connectivity index (χ3v) is 5.33. The summed E-state index contributed by atoms with van der Waals surface area (Å²) in [5.41, 5.74) is 12.3. The van der Waals surface area contributed by atoms with E-state index in [2.05, 4.69) is 37.9 Å². The normalized spacial score (nSPS) is 10.9. The molecule has 0 radical (unpaired) electrons. The Balaban J connectivity index is 2.18. The molecular weight excluding hydrogens is 260 g/mol. The first-order valence-electron chi connectivity index (χ1n) is 5.90. The minimum Gasteiger partial charge on any atom is -0.375 e. The summed E-state index contributed by atoms with van der Waals surface area (Å²) in [6.45, 7) is 8.53. The van der Waals surface area contributed by atoms with Gasteiger partial charge in [-0.25, -0.2) is 4.98 Å². The second kappa shape index (κ2) is 5.33. The number of nitrogen functional groups attached to an aromatic ring is 1. The SMILES string of the molecule is Cc1cc(C)c(CSc2sc(N)nc2C)c(C)c1. The van der Waals surface area contributed by atoms with Crippen LogP contribution in [-0.2, 0) is 5.75 Å². The van der Waals surface area contributed by atoms with Gasteiger partial charge in [-0.05, 0) is 44.4 Å². The number of anilines is 1. The van der Waals surface area contributed by atoms with Gasteiger partial charge >= 0.3 is 0 Å². The molecule has 0 unspecified atom stereocenters. The van der Waals surface area contributed by atoms with E-state index in [9.17, 15) is 0 Å². The second-order valence-electron chi connectivity index (χ2n) is 4.59. The van der Waals surface area contributed by atoms with E-state index in [4.69, 9.17) is 5.73 Å². The van der Waals surface area contributed by atoms with E-state index in [1.54, 1.807) is 11.3 Å². The number of aryl methyl sites for hydroxylation is 4. The van der Waals surface area contributed by atoms with E-state index in [1.165, 1.54) is 26.5 Å². The Bertz CT molecular complexity index is 550. The fraction of sp³-hybridized carbons (Fsp3) is 0.357. The van der Waals surface area contributed by atoms with Crippen molar-refractivity contribution in [3.63, 3.8) is 0 Å². The molecule has 96 valence electrons. The van der Waals surface area contributed by atoms with Crippen molar-refractivity contribution in [2.24, 2.45) is 0 Å². The van der Waals surface area contributed by atoms with Crippen LogP contribution in [0.2, 0.25) is 0 Å². The van der Waals surface area contributed by atoms with Gasteiger partial charge in [0.05, 0.1) is 9.90 Å². The number of nitrogens with two attached hydrogens (primary N) is 1. The molecule has 4 heteroatoms. The molecule has 0 aliphatic carbocycles. The lowest BCUT2D eigenvalue weighted by Gasteiger charge is -2.10. The lowest BCUT2D eigenvalue weighted by atomic mass is 10.0. The average Bonchev–Trinajstić information content (AvgIpc) is 2.55. The van der Waals surface area contributed by atoms with Crippen LogP contribution in [-0.4, -0.2) is 4.98 Å². The molecule has 0 aliphatic rings. The van der Waals surface area contributed by atoms with Crippen LogP contribution in [0.25, 0.3) is 0 Å². The molecule has 0 fully saturated rings. The van der Waals surface area contributed by atoms with Gasteiger partial charge < -0.3 is 5.73 Å². The standard InChI is InChI=1S/C14H18N2S2/c1-8-5-9(2)12(10(3)6-8)7-17-13-11(4)16-14(15)18-13/h5-6H,7H2,1-4H3,(H2,15,16). The van der Waals surface area contributed by atoms with E-state index in [0.717, 1.165) is 11.4 Å². The van der Waals surface area contributed by atoms with Crippen molar-refractivity contribution in [2.75, 3.05) is 5.73 Å². The van der Waals surface area contributed by atoms with Gasteiger partial charge in [0.2, 0.25) is 0 Å². The summed E-state index contributed by atoms with van der Waals surface area (Å²) in [7, 11) is 0. The molecule has 0 amide bonds.